The lowest BCUT2D eigenvalue weighted by atomic mass is 10.1. The molecule has 6 nitrogen and oxygen atoms in total. The highest BCUT2D eigenvalue weighted by atomic mass is 19.1. The van der Waals surface area contributed by atoms with E-state index in [4.69, 9.17) is 4.42 Å². The van der Waals surface area contributed by atoms with Gasteiger partial charge in [0.2, 0.25) is 0 Å². The normalized spacial score (nSPS) is 12.3. The molecule has 0 unspecified atom stereocenters. The SMILES string of the molecule is O=C(O)[C@H](Cc1ccco1)n1ccnc1-c1ccc2cccc(F)c2n1. The standard InChI is InChI=1S/C19H14FN3O3/c20-14-5-1-3-12-6-7-15(22-17(12)14)18-21-8-9-23(18)16(19(24)25)11-13-4-2-10-26-13/h1-10,16H,11H2,(H,24,25)/t16-/m0/s1. The Kier molecular flexibility index (Phi) is 3.96. The number of aliphatic carboxylic acids is 1. The molecule has 4 rings (SSSR count). The smallest absolute Gasteiger partial charge is 0.327 e. The lowest BCUT2D eigenvalue weighted by molar-refractivity contribution is -0.140. The first-order valence-corrected chi connectivity index (χ1v) is 7.97. The molecule has 1 atom stereocenters. The van der Waals surface area contributed by atoms with Gasteiger partial charge >= 0.3 is 5.97 Å². The molecular weight excluding hydrogens is 337 g/mol. The summed E-state index contributed by atoms with van der Waals surface area (Å²) in [6.45, 7) is 0. The number of fused-ring (bicyclic) bond motifs is 1. The molecule has 0 aliphatic carbocycles. The zero-order valence-corrected chi connectivity index (χ0v) is 13.5. The minimum absolute atomic E-state index is 0.160. The van der Waals surface area contributed by atoms with Crippen LogP contribution in [0.3, 0.4) is 0 Å². The number of halogens is 1. The molecule has 0 spiro atoms. The van der Waals surface area contributed by atoms with Crippen LogP contribution in [0.4, 0.5) is 4.39 Å². The van der Waals surface area contributed by atoms with Crippen LogP contribution in [0.2, 0.25) is 0 Å². The summed E-state index contributed by atoms with van der Waals surface area (Å²) in [4.78, 5) is 20.4. The first-order valence-electron chi connectivity index (χ1n) is 7.97. The van der Waals surface area contributed by atoms with Gasteiger partial charge in [-0.25, -0.2) is 19.2 Å². The van der Waals surface area contributed by atoms with Crippen LogP contribution >= 0.6 is 0 Å². The fraction of sp³-hybridized carbons (Fsp3) is 0.105. The number of rotatable bonds is 5. The van der Waals surface area contributed by atoms with E-state index < -0.39 is 17.8 Å². The Labute approximate surface area is 147 Å². The van der Waals surface area contributed by atoms with Crippen molar-refractivity contribution in [3.63, 3.8) is 0 Å². The number of para-hydroxylation sites is 1. The number of nitrogens with zero attached hydrogens (tertiary/aromatic N) is 3. The predicted molar refractivity (Wildman–Crippen MR) is 92.0 cm³/mol. The monoisotopic (exact) mass is 351 g/mol. The highest BCUT2D eigenvalue weighted by Gasteiger charge is 2.25. The second kappa shape index (κ2) is 6.44. The molecular formula is C19H14FN3O3. The molecule has 130 valence electrons. The lowest BCUT2D eigenvalue weighted by Crippen LogP contribution is -2.21. The van der Waals surface area contributed by atoms with Crippen molar-refractivity contribution in [1.82, 2.24) is 14.5 Å². The summed E-state index contributed by atoms with van der Waals surface area (Å²) in [5, 5.41) is 10.3. The van der Waals surface area contributed by atoms with Gasteiger partial charge in [0.05, 0.1) is 6.26 Å². The number of hydrogen-bond donors (Lipinski definition) is 1. The summed E-state index contributed by atoms with van der Waals surface area (Å²) in [7, 11) is 0. The Morgan fingerprint density at radius 1 is 1.23 bits per heavy atom. The molecule has 7 heteroatoms. The molecule has 0 amide bonds. The Bertz CT molecular complexity index is 1070. The first kappa shape index (κ1) is 16.0. The number of imidazole rings is 1. The van der Waals surface area contributed by atoms with E-state index in [9.17, 15) is 14.3 Å². The Hall–Kier alpha value is -3.48. The van der Waals surface area contributed by atoms with Crippen molar-refractivity contribution in [1.29, 1.82) is 0 Å². The van der Waals surface area contributed by atoms with Crippen molar-refractivity contribution >= 4 is 16.9 Å². The van der Waals surface area contributed by atoms with Crippen LogP contribution in [0.25, 0.3) is 22.4 Å². The number of carboxylic acid groups (broad SMARTS) is 1. The van der Waals surface area contributed by atoms with Gasteiger partial charge < -0.3 is 14.1 Å². The number of aromatic nitrogens is 3. The van der Waals surface area contributed by atoms with Crippen LogP contribution in [0.15, 0.2) is 65.5 Å². The van der Waals surface area contributed by atoms with Gasteiger partial charge in [-0.05, 0) is 24.3 Å². The van der Waals surface area contributed by atoms with Crippen LogP contribution in [0.1, 0.15) is 11.8 Å². The van der Waals surface area contributed by atoms with E-state index >= 15 is 0 Å². The Morgan fingerprint density at radius 3 is 2.88 bits per heavy atom. The number of furan rings is 1. The molecule has 0 aliphatic heterocycles. The van der Waals surface area contributed by atoms with Gasteiger partial charge in [-0.2, -0.15) is 0 Å². The third-order valence-electron chi connectivity index (χ3n) is 4.16. The minimum Gasteiger partial charge on any atom is -0.480 e. The van der Waals surface area contributed by atoms with E-state index in [1.807, 2.05) is 0 Å². The van der Waals surface area contributed by atoms with Gasteiger partial charge in [0.15, 0.2) is 5.82 Å². The van der Waals surface area contributed by atoms with Crippen LogP contribution in [-0.2, 0) is 11.2 Å². The molecule has 3 heterocycles. The fourth-order valence-electron chi connectivity index (χ4n) is 2.92. The van der Waals surface area contributed by atoms with Gasteiger partial charge in [-0.3, -0.25) is 0 Å². The van der Waals surface area contributed by atoms with Crippen LogP contribution in [0, 0.1) is 5.82 Å². The second-order valence-electron chi connectivity index (χ2n) is 5.80. The third kappa shape index (κ3) is 2.83. The summed E-state index contributed by atoms with van der Waals surface area (Å²) < 4.78 is 20.8. The minimum atomic E-state index is -1.02. The second-order valence-corrected chi connectivity index (χ2v) is 5.80. The predicted octanol–water partition coefficient (Wildman–Crippen LogP) is 3.70. The highest BCUT2D eigenvalue weighted by Crippen LogP contribution is 2.25. The summed E-state index contributed by atoms with van der Waals surface area (Å²) in [5.41, 5.74) is 0.621. The average Bonchev–Trinajstić information content (AvgIpc) is 3.31. The Morgan fingerprint density at radius 2 is 2.12 bits per heavy atom. The van der Waals surface area contributed by atoms with Crippen molar-refractivity contribution in [3.8, 4) is 11.5 Å². The van der Waals surface area contributed by atoms with Gasteiger partial charge in [0.25, 0.3) is 0 Å². The number of pyridine rings is 1. The molecule has 0 aliphatic rings. The largest absolute Gasteiger partial charge is 0.480 e. The number of hydrogen-bond acceptors (Lipinski definition) is 4. The molecule has 1 N–H and O–H groups in total. The molecule has 1 aromatic carbocycles. The highest BCUT2D eigenvalue weighted by molar-refractivity contribution is 5.81. The van der Waals surface area contributed by atoms with E-state index in [1.165, 1.54) is 23.1 Å². The van der Waals surface area contributed by atoms with Crippen LogP contribution < -0.4 is 0 Å². The maximum absolute atomic E-state index is 14.1. The number of carbonyl (C=O) groups is 1. The Balaban J connectivity index is 1.78. The fourth-order valence-corrected chi connectivity index (χ4v) is 2.92. The third-order valence-corrected chi connectivity index (χ3v) is 4.16. The summed E-state index contributed by atoms with van der Waals surface area (Å²) in [6.07, 6.45) is 4.73. The van der Waals surface area contributed by atoms with Crippen molar-refractivity contribution in [2.24, 2.45) is 0 Å². The lowest BCUT2D eigenvalue weighted by Gasteiger charge is -2.16. The van der Waals surface area contributed by atoms with Gasteiger partial charge in [0, 0.05) is 24.2 Å². The van der Waals surface area contributed by atoms with E-state index in [0.29, 0.717) is 22.7 Å². The van der Waals surface area contributed by atoms with Crippen molar-refractivity contribution in [2.45, 2.75) is 12.5 Å². The molecule has 3 aromatic heterocycles. The van der Waals surface area contributed by atoms with Crippen LogP contribution in [-0.4, -0.2) is 25.6 Å². The van der Waals surface area contributed by atoms with Gasteiger partial charge in [-0.15, -0.1) is 0 Å². The maximum atomic E-state index is 14.1. The van der Waals surface area contributed by atoms with Crippen molar-refractivity contribution in [3.05, 3.63) is 72.7 Å². The molecule has 0 bridgehead atoms. The first-order chi connectivity index (χ1) is 12.6. The van der Waals surface area contributed by atoms with Crippen molar-refractivity contribution < 1.29 is 18.7 Å². The zero-order valence-electron chi connectivity index (χ0n) is 13.5. The van der Waals surface area contributed by atoms with E-state index in [2.05, 4.69) is 9.97 Å². The number of carboxylic acids is 1. The van der Waals surface area contributed by atoms with Gasteiger partial charge in [-0.1, -0.05) is 18.2 Å². The van der Waals surface area contributed by atoms with E-state index in [1.54, 1.807) is 42.6 Å². The van der Waals surface area contributed by atoms with Crippen LogP contribution in [0.5, 0.6) is 0 Å². The van der Waals surface area contributed by atoms with E-state index in [-0.39, 0.29) is 11.9 Å². The molecule has 0 saturated heterocycles. The molecule has 26 heavy (non-hydrogen) atoms. The zero-order chi connectivity index (χ0) is 18.1. The maximum Gasteiger partial charge on any atom is 0.327 e. The van der Waals surface area contributed by atoms with Gasteiger partial charge in [0.1, 0.15) is 28.8 Å². The molecule has 0 fully saturated rings. The quantitative estimate of drug-likeness (QED) is 0.593. The molecule has 0 radical (unpaired) electrons. The summed E-state index contributed by atoms with van der Waals surface area (Å²) >= 11 is 0. The summed E-state index contributed by atoms with van der Waals surface area (Å²) in [5.74, 6) is -0.552. The van der Waals surface area contributed by atoms with Crippen molar-refractivity contribution in [2.75, 3.05) is 0 Å². The topological polar surface area (TPSA) is 81.1 Å². The number of benzene rings is 1. The molecule has 0 saturated carbocycles. The molecule has 4 aromatic rings. The van der Waals surface area contributed by atoms with E-state index in [0.717, 1.165) is 0 Å². The summed E-state index contributed by atoms with van der Waals surface area (Å²) in [6, 6.07) is 10.7. The average molecular weight is 351 g/mol.